The highest BCUT2D eigenvalue weighted by atomic mass is 35.5. The SMILES string of the molecule is CCOC(=O)c1cnc2cc(Cl)c(OC)cc2c1Nc1cc(OC)ccc1OC. The number of ether oxygens (including phenoxy) is 4. The zero-order valence-electron chi connectivity index (χ0n) is 16.5. The van der Waals surface area contributed by atoms with Crippen LogP contribution in [0.3, 0.4) is 0 Å². The van der Waals surface area contributed by atoms with Crippen LogP contribution in [0.2, 0.25) is 5.02 Å². The number of nitrogens with one attached hydrogen (secondary N) is 1. The molecule has 3 rings (SSSR count). The average molecular weight is 417 g/mol. The van der Waals surface area contributed by atoms with E-state index in [0.717, 1.165) is 0 Å². The van der Waals surface area contributed by atoms with Gasteiger partial charge >= 0.3 is 5.97 Å². The summed E-state index contributed by atoms with van der Waals surface area (Å²) in [4.78, 5) is 16.9. The van der Waals surface area contributed by atoms with Crippen molar-refractivity contribution in [3.8, 4) is 17.2 Å². The summed E-state index contributed by atoms with van der Waals surface area (Å²) in [6.07, 6.45) is 1.46. The van der Waals surface area contributed by atoms with Crippen LogP contribution >= 0.6 is 11.6 Å². The van der Waals surface area contributed by atoms with E-state index in [1.54, 1.807) is 51.5 Å². The molecule has 0 aliphatic heterocycles. The van der Waals surface area contributed by atoms with E-state index in [1.807, 2.05) is 0 Å². The summed E-state index contributed by atoms with van der Waals surface area (Å²) < 4.78 is 21.3. The van der Waals surface area contributed by atoms with E-state index in [2.05, 4.69) is 10.3 Å². The molecule has 1 N–H and O–H groups in total. The number of nitrogens with zero attached hydrogens (tertiary/aromatic N) is 1. The second-order valence-electron chi connectivity index (χ2n) is 5.96. The minimum atomic E-state index is -0.500. The maximum atomic E-state index is 12.6. The lowest BCUT2D eigenvalue weighted by Gasteiger charge is -2.17. The number of methoxy groups -OCH3 is 3. The first-order chi connectivity index (χ1) is 14.0. The summed E-state index contributed by atoms with van der Waals surface area (Å²) >= 11 is 6.24. The van der Waals surface area contributed by atoms with Gasteiger partial charge < -0.3 is 24.3 Å². The molecule has 2 aromatic carbocycles. The van der Waals surface area contributed by atoms with E-state index in [0.29, 0.717) is 44.5 Å². The maximum Gasteiger partial charge on any atom is 0.341 e. The van der Waals surface area contributed by atoms with Crippen LogP contribution < -0.4 is 19.5 Å². The highest BCUT2D eigenvalue weighted by Crippen LogP contribution is 2.38. The lowest BCUT2D eigenvalue weighted by atomic mass is 10.1. The molecule has 0 bridgehead atoms. The number of hydrogen-bond acceptors (Lipinski definition) is 7. The second kappa shape index (κ2) is 8.87. The Bertz CT molecular complexity index is 1050. The number of pyridine rings is 1. The summed E-state index contributed by atoms with van der Waals surface area (Å²) in [7, 11) is 4.66. The topological polar surface area (TPSA) is 78.9 Å². The second-order valence-corrected chi connectivity index (χ2v) is 6.37. The first-order valence-corrected chi connectivity index (χ1v) is 9.22. The van der Waals surface area contributed by atoms with E-state index in [4.69, 9.17) is 30.5 Å². The van der Waals surface area contributed by atoms with Crippen LogP contribution in [-0.2, 0) is 4.74 Å². The smallest absolute Gasteiger partial charge is 0.341 e. The molecule has 3 aromatic rings. The van der Waals surface area contributed by atoms with Gasteiger partial charge in [0.15, 0.2) is 0 Å². The zero-order chi connectivity index (χ0) is 21.0. The van der Waals surface area contributed by atoms with Gasteiger partial charge in [-0.25, -0.2) is 4.79 Å². The molecule has 7 nitrogen and oxygen atoms in total. The molecule has 0 aliphatic carbocycles. The van der Waals surface area contributed by atoms with E-state index in [9.17, 15) is 4.79 Å². The fourth-order valence-electron chi connectivity index (χ4n) is 2.89. The third-order valence-electron chi connectivity index (χ3n) is 4.30. The number of carbonyl (C=O) groups is 1. The molecular formula is C21H21ClN2O5. The standard InChI is InChI=1S/C21H21ClN2O5/c1-5-29-21(25)14-11-23-16-10-15(22)19(28-4)9-13(16)20(14)24-17-8-12(26-2)6-7-18(17)27-3/h6-11H,5H2,1-4H3,(H,23,24). The van der Waals surface area contributed by atoms with Gasteiger partial charge in [-0.05, 0) is 31.2 Å². The summed E-state index contributed by atoms with van der Waals surface area (Å²) in [5, 5.41) is 4.33. The van der Waals surface area contributed by atoms with Gasteiger partial charge in [0.2, 0.25) is 0 Å². The van der Waals surface area contributed by atoms with Crippen molar-refractivity contribution in [2.75, 3.05) is 33.3 Å². The Hall–Kier alpha value is -3.19. The number of carbonyl (C=O) groups excluding carboxylic acids is 1. The van der Waals surface area contributed by atoms with Crippen molar-refractivity contribution in [1.29, 1.82) is 0 Å². The van der Waals surface area contributed by atoms with Crippen molar-refractivity contribution >= 4 is 39.8 Å². The van der Waals surface area contributed by atoms with Gasteiger partial charge in [0.25, 0.3) is 0 Å². The van der Waals surface area contributed by atoms with Crippen LogP contribution in [0.1, 0.15) is 17.3 Å². The number of anilines is 2. The summed E-state index contributed by atoms with van der Waals surface area (Å²) in [6, 6.07) is 8.73. The Morgan fingerprint density at radius 1 is 1.07 bits per heavy atom. The van der Waals surface area contributed by atoms with Gasteiger partial charge in [-0.3, -0.25) is 4.98 Å². The molecular weight excluding hydrogens is 396 g/mol. The first kappa shape index (κ1) is 20.5. The fraction of sp³-hybridized carbons (Fsp3) is 0.238. The highest BCUT2D eigenvalue weighted by molar-refractivity contribution is 6.33. The average Bonchev–Trinajstić information content (AvgIpc) is 2.73. The number of esters is 1. The summed E-state index contributed by atoms with van der Waals surface area (Å²) in [5.41, 5.74) is 1.97. The molecule has 0 spiro atoms. The van der Waals surface area contributed by atoms with Gasteiger partial charge in [0.05, 0.1) is 49.9 Å². The van der Waals surface area contributed by atoms with E-state index in [-0.39, 0.29) is 12.2 Å². The molecule has 0 fully saturated rings. The predicted octanol–water partition coefficient (Wildman–Crippen LogP) is 4.83. The minimum absolute atomic E-state index is 0.239. The van der Waals surface area contributed by atoms with Crippen LogP contribution in [-0.4, -0.2) is 38.9 Å². The molecule has 0 radical (unpaired) electrons. The molecule has 29 heavy (non-hydrogen) atoms. The van der Waals surface area contributed by atoms with Gasteiger partial charge in [-0.2, -0.15) is 0 Å². The zero-order valence-corrected chi connectivity index (χ0v) is 17.3. The van der Waals surface area contributed by atoms with Gasteiger partial charge in [-0.1, -0.05) is 11.6 Å². The molecule has 0 amide bonds. The van der Waals surface area contributed by atoms with Crippen molar-refractivity contribution in [1.82, 2.24) is 4.98 Å². The number of fused-ring (bicyclic) bond motifs is 1. The van der Waals surface area contributed by atoms with Crippen LogP contribution in [0.25, 0.3) is 10.9 Å². The Balaban J connectivity index is 2.25. The Morgan fingerprint density at radius 2 is 1.83 bits per heavy atom. The first-order valence-electron chi connectivity index (χ1n) is 8.84. The molecule has 0 aliphatic rings. The third kappa shape index (κ3) is 4.14. The molecule has 1 heterocycles. The van der Waals surface area contributed by atoms with Crippen molar-refractivity contribution in [3.05, 3.63) is 47.1 Å². The van der Waals surface area contributed by atoms with E-state index >= 15 is 0 Å². The molecule has 152 valence electrons. The Labute approximate surface area is 173 Å². The monoisotopic (exact) mass is 416 g/mol. The van der Waals surface area contributed by atoms with Crippen molar-refractivity contribution in [2.24, 2.45) is 0 Å². The highest BCUT2D eigenvalue weighted by Gasteiger charge is 2.20. The summed E-state index contributed by atoms with van der Waals surface area (Å²) in [5.74, 6) is 1.17. The van der Waals surface area contributed by atoms with Crippen molar-refractivity contribution in [3.63, 3.8) is 0 Å². The van der Waals surface area contributed by atoms with E-state index in [1.165, 1.54) is 13.3 Å². The lowest BCUT2D eigenvalue weighted by Crippen LogP contribution is -2.10. The number of rotatable bonds is 7. The van der Waals surface area contributed by atoms with E-state index < -0.39 is 5.97 Å². The van der Waals surface area contributed by atoms with Crippen molar-refractivity contribution in [2.45, 2.75) is 6.92 Å². The third-order valence-corrected chi connectivity index (χ3v) is 4.60. The number of aromatic nitrogens is 1. The molecule has 1 aromatic heterocycles. The largest absolute Gasteiger partial charge is 0.497 e. The quantitative estimate of drug-likeness (QED) is 0.552. The predicted molar refractivity (Wildman–Crippen MR) is 112 cm³/mol. The van der Waals surface area contributed by atoms with Gasteiger partial charge in [0, 0.05) is 17.6 Å². The van der Waals surface area contributed by atoms with Crippen molar-refractivity contribution < 1.29 is 23.7 Å². The summed E-state index contributed by atoms with van der Waals surface area (Å²) in [6.45, 7) is 1.98. The van der Waals surface area contributed by atoms with Crippen LogP contribution in [0.4, 0.5) is 11.4 Å². The van der Waals surface area contributed by atoms with Gasteiger partial charge in [-0.15, -0.1) is 0 Å². The molecule has 0 unspecified atom stereocenters. The van der Waals surface area contributed by atoms with Gasteiger partial charge in [0.1, 0.15) is 22.8 Å². The molecule has 0 saturated carbocycles. The fourth-order valence-corrected chi connectivity index (χ4v) is 3.13. The lowest BCUT2D eigenvalue weighted by molar-refractivity contribution is 0.0527. The Morgan fingerprint density at radius 3 is 2.48 bits per heavy atom. The molecule has 0 saturated heterocycles. The number of hydrogen-bond donors (Lipinski definition) is 1. The number of halogens is 1. The van der Waals surface area contributed by atoms with Crippen LogP contribution in [0.5, 0.6) is 17.2 Å². The molecule has 0 atom stereocenters. The van der Waals surface area contributed by atoms with Crippen LogP contribution in [0.15, 0.2) is 36.5 Å². The normalized spacial score (nSPS) is 10.5. The van der Waals surface area contributed by atoms with Crippen LogP contribution in [0, 0.1) is 0 Å². The number of benzene rings is 2. The molecule has 8 heteroatoms. The Kier molecular flexibility index (Phi) is 6.29. The minimum Gasteiger partial charge on any atom is -0.497 e. The maximum absolute atomic E-state index is 12.6.